The summed E-state index contributed by atoms with van der Waals surface area (Å²) in [5, 5.41) is 2.01. The van der Waals surface area contributed by atoms with Gasteiger partial charge in [0.15, 0.2) is 0 Å². The molecule has 0 radical (unpaired) electrons. The molecule has 0 unspecified atom stereocenters. The van der Waals surface area contributed by atoms with Crippen LogP contribution in [0.2, 0.25) is 0 Å². The van der Waals surface area contributed by atoms with Crippen molar-refractivity contribution in [3.05, 3.63) is 22.4 Å². The number of thiophene rings is 1. The molecule has 0 aliphatic heterocycles. The van der Waals surface area contributed by atoms with Gasteiger partial charge in [-0.05, 0) is 22.2 Å². The first kappa shape index (κ1) is 5.87. The highest BCUT2D eigenvalue weighted by atomic mass is 79.9. The van der Waals surface area contributed by atoms with Crippen LogP contribution >= 0.6 is 27.3 Å². The lowest BCUT2D eigenvalue weighted by atomic mass is 10.5. The van der Waals surface area contributed by atoms with Gasteiger partial charge in [-0.1, -0.05) is 6.07 Å². The van der Waals surface area contributed by atoms with E-state index in [9.17, 15) is 0 Å². The molecule has 2 heteroatoms. The summed E-state index contributed by atoms with van der Waals surface area (Å²) >= 11 is 4.66. The van der Waals surface area contributed by atoms with E-state index in [1.165, 1.54) is 0 Å². The zero-order valence-electron chi connectivity index (χ0n) is 4.02. The topological polar surface area (TPSA) is 0 Å². The van der Waals surface area contributed by atoms with Gasteiger partial charge in [0.05, 0.1) is 4.88 Å². The van der Waals surface area contributed by atoms with Crippen molar-refractivity contribution in [3.8, 4) is 10.8 Å². The summed E-state index contributed by atoms with van der Waals surface area (Å²) in [6.07, 6.45) is 0. The third-order valence-corrected chi connectivity index (χ3v) is 1.68. The molecule has 0 saturated carbocycles. The van der Waals surface area contributed by atoms with E-state index in [4.69, 9.17) is 0 Å². The maximum Gasteiger partial charge on any atom is 0.0777 e. The van der Waals surface area contributed by atoms with Crippen molar-refractivity contribution in [2.24, 2.45) is 0 Å². The Kier molecular flexibility index (Phi) is 2.13. The van der Waals surface area contributed by atoms with Crippen molar-refractivity contribution in [1.29, 1.82) is 0 Å². The van der Waals surface area contributed by atoms with Gasteiger partial charge in [-0.15, -0.1) is 11.3 Å². The number of rotatable bonds is 0. The van der Waals surface area contributed by atoms with Crippen molar-refractivity contribution in [1.82, 2.24) is 0 Å². The highest BCUT2D eigenvalue weighted by Crippen LogP contribution is 2.05. The van der Waals surface area contributed by atoms with E-state index in [0.29, 0.717) is 0 Å². The minimum absolute atomic E-state index is 1.10. The minimum Gasteiger partial charge on any atom is -0.135 e. The summed E-state index contributed by atoms with van der Waals surface area (Å²) < 4.78 is 0. The molecule has 0 bridgehead atoms. The van der Waals surface area contributed by atoms with Gasteiger partial charge in [-0.2, -0.15) is 0 Å². The Morgan fingerprint density at radius 1 is 1.62 bits per heavy atom. The smallest absolute Gasteiger partial charge is 0.0777 e. The van der Waals surface area contributed by atoms with Gasteiger partial charge in [0, 0.05) is 15.9 Å². The first-order valence-corrected chi connectivity index (χ1v) is 3.76. The lowest BCUT2D eigenvalue weighted by Crippen LogP contribution is -1.52. The fourth-order valence-electron chi connectivity index (χ4n) is 0.396. The van der Waals surface area contributed by atoms with Gasteiger partial charge >= 0.3 is 0 Å². The van der Waals surface area contributed by atoms with Gasteiger partial charge in [0.25, 0.3) is 0 Å². The van der Waals surface area contributed by atoms with Gasteiger partial charge < -0.3 is 0 Å². The van der Waals surface area contributed by atoms with Gasteiger partial charge in [0.1, 0.15) is 0 Å². The molecule has 1 rings (SSSR count). The molecule has 1 heterocycles. The zero-order valence-corrected chi connectivity index (χ0v) is 6.42. The molecule has 0 atom stereocenters. The van der Waals surface area contributed by atoms with E-state index < -0.39 is 0 Å². The van der Waals surface area contributed by atoms with E-state index in [2.05, 4.69) is 26.7 Å². The van der Waals surface area contributed by atoms with Crippen LogP contribution in [-0.2, 0) is 0 Å². The van der Waals surface area contributed by atoms with Crippen molar-refractivity contribution < 1.29 is 0 Å². The SMILES string of the molecule is BrC#Cc1cccs1. The van der Waals surface area contributed by atoms with Gasteiger partial charge in [-0.3, -0.25) is 0 Å². The monoisotopic (exact) mass is 186 g/mol. The molecular weight excluding hydrogens is 184 g/mol. The highest BCUT2D eigenvalue weighted by molar-refractivity contribution is 9.12. The Bertz CT molecular complexity index is 202. The average Bonchev–Trinajstić information content (AvgIpc) is 2.19. The van der Waals surface area contributed by atoms with Crippen LogP contribution in [0.1, 0.15) is 4.88 Å². The second-order valence-electron chi connectivity index (χ2n) is 1.20. The molecule has 0 aliphatic rings. The molecule has 1 aromatic heterocycles. The molecule has 0 spiro atoms. The summed E-state index contributed by atoms with van der Waals surface area (Å²) in [4.78, 5) is 3.74. The van der Waals surface area contributed by atoms with Crippen LogP contribution in [0.25, 0.3) is 0 Å². The fraction of sp³-hybridized carbons (Fsp3) is 0. The first-order valence-electron chi connectivity index (χ1n) is 2.08. The molecule has 0 N–H and O–H groups in total. The van der Waals surface area contributed by atoms with Crippen molar-refractivity contribution >= 4 is 27.3 Å². The minimum atomic E-state index is 1.10. The molecule has 0 fully saturated rings. The van der Waals surface area contributed by atoms with Gasteiger partial charge in [0.2, 0.25) is 0 Å². The predicted octanol–water partition coefficient (Wildman–Crippen LogP) is 2.45. The third-order valence-electron chi connectivity index (χ3n) is 0.692. The zero-order chi connectivity index (χ0) is 5.82. The van der Waals surface area contributed by atoms with E-state index >= 15 is 0 Å². The molecule has 0 saturated heterocycles. The maximum atomic E-state index is 3.02. The molecular formula is C6H3BrS. The maximum absolute atomic E-state index is 3.02. The van der Waals surface area contributed by atoms with Crippen LogP contribution < -0.4 is 0 Å². The Balaban J connectivity index is 2.88. The largest absolute Gasteiger partial charge is 0.135 e. The summed E-state index contributed by atoms with van der Waals surface area (Å²) in [5.74, 6) is 2.87. The Hall–Kier alpha value is -0.260. The van der Waals surface area contributed by atoms with Crippen LogP contribution in [-0.4, -0.2) is 0 Å². The second kappa shape index (κ2) is 2.91. The van der Waals surface area contributed by atoms with Crippen molar-refractivity contribution in [2.75, 3.05) is 0 Å². The van der Waals surface area contributed by atoms with Crippen molar-refractivity contribution in [2.45, 2.75) is 0 Å². The lowest BCUT2D eigenvalue weighted by molar-refractivity contribution is 1.95. The summed E-state index contributed by atoms with van der Waals surface area (Å²) in [5.41, 5.74) is 0. The molecule has 0 amide bonds. The summed E-state index contributed by atoms with van der Waals surface area (Å²) in [6.45, 7) is 0. The number of halogens is 1. The van der Waals surface area contributed by atoms with E-state index in [0.717, 1.165) is 4.88 Å². The lowest BCUT2D eigenvalue weighted by Gasteiger charge is -1.68. The van der Waals surface area contributed by atoms with Crippen LogP contribution in [0.3, 0.4) is 0 Å². The summed E-state index contributed by atoms with van der Waals surface area (Å²) in [7, 11) is 0. The first-order chi connectivity index (χ1) is 3.93. The molecule has 40 valence electrons. The standard InChI is InChI=1S/C6H3BrS/c7-4-3-6-2-1-5-8-6/h1-2,5H. The molecule has 8 heavy (non-hydrogen) atoms. The van der Waals surface area contributed by atoms with Crippen LogP contribution in [0.15, 0.2) is 17.5 Å². The van der Waals surface area contributed by atoms with Gasteiger partial charge in [-0.25, -0.2) is 0 Å². The molecule has 0 aromatic carbocycles. The second-order valence-corrected chi connectivity index (χ2v) is 2.54. The Morgan fingerprint density at radius 3 is 3.00 bits per heavy atom. The predicted molar refractivity (Wildman–Crippen MR) is 40.1 cm³/mol. The molecule has 0 nitrogen and oxygen atoms in total. The van der Waals surface area contributed by atoms with Crippen molar-refractivity contribution in [3.63, 3.8) is 0 Å². The number of hydrogen-bond donors (Lipinski definition) is 0. The van der Waals surface area contributed by atoms with E-state index in [1.807, 2.05) is 17.5 Å². The normalized spacial score (nSPS) is 7.62. The quantitative estimate of drug-likeness (QED) is 0.547. The Labute approximate surface area is 60.7 Å². The molecule has 0 aliphatic carbocycles. The third kappa shape index (κ3) is 1.36. The van der Waals surface area contributed by atoms with Crippen LogP contribution in [0, 0.1) is 10.8 Å². The van der Waals surface area contributed by atoms with E-state index in [1.54, 1.807) is 11.3 Å². The fourth-order valence-corrected chi connectivity index (χ4v) is 1.31. The highest BCUT2D eigenvalue weighted by Gasteiger charge is 1.80. The average molecular weight is 187 g/mol. The number of hydrogen-bond acceptors (Lipinski definition) is 1. The Morgan fingerprint density at radius 2 is 2.50 bits per heavy atom. The van der Waals surface area contributed by atoms with Crippen LogP contribution in [0.4, 0.5) is 0 Å². The van der Waals surface area contributed by atoms with Crippen LogP contribution in [0.5, 0.6) is 0 Å². The summed E-state index contributed by atoms with van der Waals surface area (Å²) in [6, 6.07) is 3.97. The van der Waals surface area contributed by atoms with E-state index in [-0.39, 0.29) is 0 Å². The molecule has 1 aromatic rings.